The number of ether oxygens (including phenoxy) is 1. The zero-order valence-electron chi connectivity index (χ0n) is 13.1. The molecule has 0 aliphatic rings. The minimum absolute atomic E-state index is 0.329. The van der Waals surface area contributed by atoms with Crippen LogP contribution < -0.4 is 10.1 Å². The highest BCUT2D eigenvalue weighted by atomic mass is 32.2. The Hall–Kier alpha value is -2.19. The quantitative estimate of drug-likeness (QED) is 0.610. The van der Waals surface area contributed by atoms with E-state index in [9.17, 15) is 13.6 Å². The molecule has 1 heterocycles. The summed E-state index contributed by atoms with van der Waals surface area (Å²) in [4.78, 5) is 17.0. The van der Waals surface area contributed by atoms with Crippen molar-refractivity contribution in [3.8, 4) is 5.75 Å². The van der Waals surface area contributed by atoms with Crippen molar-refractivity contribution in [2.75, 3.05) is 5.32 Å². The summed E-state index contributed by atoms with van der Waals surface area (Å²) in [7, 11) is 0. The molecule has 1 N–H and O–H groups in total. The minimum atomic E-state index is -2.47. The number of benzene rings is 2. The summed E-state index contributed by atoms with van der Waals surface area (Å²) in [6, 6.07) is 13.9. The molecule has 0 saturated heterocycles. The molecule has 0 aliphatic heterocycles. The van der Waals surface area contributed by atoms with Gasteiger partial charge in [0.1, 0.15) is 5.75 Å². The van der Waals surface area contributed by atoms with Crippen molar-refractivity contribution in [2.24, 2.45) is 0 Å². The van der Waals surface area contributed by atoms with Crippen LogP contribution in [0.3, 0.4) is 0 Å². The number of halogens is 2. The average molecular weight is 380 g/mol. The molecule has 8 heteroatoms. The largest absolute Gasteiger partial charge is 0.481 e. The van der Waals surface area contributed by atoms with Gasteiger partial charge in [0.2, 0.25) is 0 Å². The molecule has 1 atom stereocenters. The van der Waals surface area contributed by atoms with Gasteiger partial charge in [0.05, 0.1) is 10.2 Å². The van der Waals surface area contributed by atoms with Crippen LogP contribution in [0.4, 0.5) is 13.9 Å². The Morgan fingerprint density at radius 2 is 2.00 bits per heavy atom. The van der Waals surface area contributed by atoms with Crippen LogP contribution in [0.1, 0.15) is 6.92 Å². The molecule has 1 amide bonds. The lowest BCUT2D eigenvalue weighted by Gasteiger charge is -2.13. The first-order valence-electron chi connectivity index (χ1n) is 7.39. The molecule has 0 radical (unpaired) electrons. The van der Waals surface area contributed by atoms with Gasteiger partial charge in [-0.25, -0.2) is 4.98 Å². The molecule has 130 valence electrons. The molecule has 0 aliphatic carbocycles. The number of nitrogens with zero attached hydrogens (tertiary/aromatic N) is 1. The second-order valence-corrected chi connectivity index (χ2v) is 7.18. The molecular formula is C17H14F2N2O2S2. The number of para-hydroxylation sites is 1. The minimum Gasteiger partial charge on any atom is -0.481 e. The van der Waals surface area contributed by atoms with E-state index in [4.69, 9.17) is 4.74 Å². The van der Waals surface area contributed by atoms with Gasteiger partial charge in [-0.2, -0.15) is 8.78 Å². The lowest BCUT2D eigenvalue weighted by molar-refractivity contribution is -0.122. The highest BCUT2D eigenvalue weighted by Gasteiger charge is 2.17. The molecule has 25 heavy (non-hydrogen) atoms. The maximum atomic E-state index is 12.4. The third-order valence-electron chi connectivity index (χ3n) is 3.24. The summed E-state index contributed by atoms with van der Waals surface area (Å²) in [5.41, 5.74) is 0.649. The SMILES string of the molecule is C[C@@H](Oc1ccccc1)C(=O)Nc1nc2ccc(SC(F)F)cc2s1. The van der Waals surface area contributed by atoms with Crippen LogP contribution in [0.25, 0.3) is 10.2 Å². The summed E-state index contributed by atoms with van der Waals surface area (Å²) >= 11 is 1.71. The van der Waals surface area contributed by atoms with E-state index < -0.39 is 11.9 Å². The van der Waals surface area contributed by atoms with Gasteiger partial charge in [0.15, 0.2) is 11.2 Å². The van der Waals surface area contributed by atoms with E-state index in [1.807, 2.05) is 18.2 Å². The standard InChI is InChI=1S/C17H14F2N2O2S2/c1-10(23-11-5-3-2-4-6-11)15(22)21-17-20-13-8-7-12(24-16(18)19)9-14(13)25-17/h2-10,16H,1H3,(H,20,21,22)/t10-/m1/s1. The molecule has 0 saturated carbocycles. The van der Waals surface area contributed by atoms with Gasteiger partial charge < -0.3 is 4.74 Å². The maximum Gasteiger partial charge on any atom is 0.288 e. The highest BCUT2D eigenvalue weighted by molar-refractivity contribution is 7.99. The lowest BCUT2D eigenvalue weighted by Crippen LogP contribution is -2.30. The average Bonchev–Trinajstić information content (AvgIpc) is 2.96. The van der Waals surface area contributed by atoms with Gasteiger partial charge in [0.25, 0.3) is 11.7 Å². The van der Waals surface area contributed by atoms with Crippen LogP contribution in [0.15, 0.2) is 53.4 Å². The second kappa shape index (κ2) is 7.79. The summed E-state index contributed by atoms with van der Waals surface area (Å²) in [6.07, 6.45) is -0.695. The molecule has 3 aromatic rings. The number of thioether (sulfide) groups is 1. The molecule has 0 bridgehead atoms. The van der Waals surface area contributed by atoms with E-state index in [0.717, 1.165) is 4.70 Å². The number of thiazole rings is 1. The van der Waals surface area contributed by atoms with Crippen molar-refractivity contribution in [3.63, 3.8) is 0 Å². The van der Waals surface area contributed by atoms with Crippen LogP contribution in [0.2, 0.25) is 0 Å². The number of hydrogen-bond acceptors (Lipinski definition) is 5. The molecule has 1 aromatic heterocycles. The van der Waals surface area contributed by atoms with Crippen LogP contribution in [0, 0.1) is 0 Å². The number of fused-ring (bicyclic) bond motifs is 1. The topological polar surface area (TPSA) is 51.2 Å². The van der Waals surface area contributed by atoms with Crippen molar-refractivity contribution >= 4 is 44.4 Å². The van der Waals surface area contributed by atoms with Gasteiger partial charge in [0, 0.05) is 4.90 Å². The maximum absolute atomic E-state index is 12.4. The van der Waals surface area contributed by atoms with E-state index >= 15 is 0 Å². The van der Waals surface area contributed by atoms with Crippen molar-refractivity contribution in [1.82, 2.24) is 4.98 Å². The Balaban J connectivity index is 1.68. The van der Waals surface area contributed by atoms with Gasteiger partial charge in [-0.05, 0) is 37.3 Å². The van der Waals surface area contributed by atoms with E-state index in [1.165, 1.54) is 11.3 Å². The van der Waals surface area contributed by atoms with Crippen molar-refractivity contribution in [3.05, 3.63) is 48.5 Å². The molecular weight excluding hydrogens is 366 g/mol. The Labute approximate surface area is 151 Å². The number of anilines is 1. The Morgan fingerprint density at radius 3 is 2.72 bits per heavy atom. The number of hydrogen-bond donors (Lipinski definition) is 1. The van der Waals surface area contributed by atoms with Crippen LogP contribution >= 0.6 is 23.1 Å². The number of amides is 1. The first-order valence-corrected chi connectivity index (χ1v) is 9.09. The zero-order chi connectivity index (χ0) is 17.8. The fourth-order valence-corrected chi connectivity index (χ4v) is 3.62. The smallest absolute Gasteiger partial charge is 0.288 e. The van der Waals surface area contributed by atoms with Gasteiger partial charge >= 0.3 is 0 Å². The summed E-state index contributed by atoms with van der Waals surface area (Å²) in [5, 5.41) is 3.11. The van der Waals surface area contributed by atoms with E-state index in [2.05, 4.69) is 10.3 Å². The Morgan fingerprint density at radius 1 is 1.24 bits per heavy atom. The third kappa shape index (κ3) is 4.67. The number of carbonyl (C=O) groups is 1. The van der Waals surface area contributed by atoms with E-state index in [-0.39, 0.29) is 5.91 Å². The van der Waals surface area contributed by atoms with E-state index in [1.54, 1.807) is 37.3 Å². The van der Waals surface area contributed by atoms with Gasteiger partial charge in [-0.15, -0.1) is 0 Å². The normalized spacial score (nSPS) is 12.3. The van der Waals surface area contributed by atoms with Crippen molar-refractivity contribution in [1.29, 1.82) is 0 Å². The fraction of sp³-hybridized carbons (Fsp3) is 0.176. The third-order valence-corrected chi connectivity index (χ3v) is 4.88. The number of carbonyl (C=O) groups excluding carboxylic acids is 1. The highest BCUT2D eigenvalue weighted by Crippen LogP contribution is 2.32. The molecule has 0 unspecified atom stereocenters. The number of alkyl halides is 2. The summed E-state index contributed by atoms with van der Waals surface area (Å²) in [5.74, 6) is -2.20. The van der Waals surface area contributed by atoms with Crippen LogP contribution in [0.5, 0.6) is 5.75 Å². The fourth-order valence-electron chi connectivity index (χ4n) is 2.10. The first kappa shape index (κ1) is 17.6. The number of aromatic nitrogens is 1. The molecule has 3 rings (SSSR count). The Kier molecular flexibility index (Phi) is 5.50. The van der Waals surface area contributed by atoms with E-state index in [0.29, 0.717) is 33.1 Å². The van der Waals surface area contributed by atoms with Gasteiger partial charge in [-0.3, -0.25) is 10.1 Å². The van der Waals surface area contributed by atoms with Gasteiger partial charge in [-0.1, -0.05) is 41.3 Å². The molecule has 4 nitrogen and oxygen atoms in total. The molecule has 0 spiro atoms. The monoisotopic (exact) mass is 380 g/mol. The zero-order valence-corrected chi connectivity index (χ0v) is 14.7. The van der Waals surface area contributed by atoms with Crippen LogP contribution in [-0.4, -0.2) is 22.8 Å². The predicted octanol–water partition coefficient (Wildman–Crippen LogP) is 5.02. The first-order chi connectivity index (χ1) is 12.0. The summed E-state index contributed by atoms with van der Waals surface area (Å²) in [6.45, 7) is 1.65. The number of rotatable bonds is 6. The number of nitrogens with one attached hydrogen (secondary N) is 1. The van der Waals surface area contributed by atoms with Crippen LogP contribution in [-0.2, 0) is 4.79 Å². The Bertz CT molecular complexity index is 871. The molecule has 0 fully saturated rings. The predicted molar refractivity (Wildman–Crippen MR) is 96.6 cm³/mol. The molecule has 2 aromatic carbocycles. The second-order valence-electron chi connectivity index (χ2n) is 5.09. The van der Waals surface area contributed by atoms with Crippen molar-refractivity contribution in [2.45, 2.75) is 23.7 Å². The van der Waals surface area contributed by atoms with Crippen molar-refractivity contribution < 1.29 is 18.3 Å². The summed E-state index contributed by atoms with van der Waals surface area (Å²) < 4.78 is 31.2. The lowest BCUT2D eigenvalue weighted by atomic mass is 10.3.